The molecule has 154 valence electrons. The molecule has 1 saturated heterocycles. The number of hydrogen-bond acceptors (Lipinski definition) is 7. The van der Waals surface area contributed by atoms with E-state index in [0.29, 0.717) is 29.4 Å². The lowest BCUT2D eigenvalue weighted by Gasteiger charge is -2.30. The molecule has 3 heterocycles. The summed E-state index contributed by atoms with van der Waals surface area (Å²) in [7, 11) is -1.90. The number of rotatable bonds is 5. The number of piperidine rings is 1. The van der Waals surface area contributed by atoms with Crippen molar-refractivity contribution >= 4 is 21.4 Å². The molecule has 0 amide bonds. The van der Waals surface area contributed by atoms with Crippen molar-refractivity contribution in [1.82, 2.24) is 24.7 Å². The second-order valence-electron chi connectivity index (χ2n) is 7.09. The van der Waals surface area contributed by atoms with E-state index in [2.05, 4.69) is 20.4 Å². The van der Waals surface area contributed by atoms with E-state index in [-0.39, 0.29) is 5.92 Å². The lowest BCUT2D eigenvalue weighted by molar-refractivity contribution is 0.318. The maximum atomic E-state index is 13.0. The fourth-order valence-electron chi connectivity index (χ4n) is 3.72. The van der Waals surface area contributed by atoms with Crippen LogP contribution in [-0.2, 0) is 10.0 Å². The predicted molar refractivity (Wildman–Crippen MR) is 111 cm³/mol. The highest BCUT2D eigenvalue weighted by molar-refractivity contribution is 7.89. The smallest absolute Gasteiger partial charge is 0.246 e. The van der Waals surface area contributed by atoms with Crippen LogP contribution < -0.4 is 4.74 Å². The van der Waals surface area contributed by atoms with Crippen molar-refractivity contribution in [2.75, 3.05) is 20.2 Å². The molecular weight excluding hydrogens is 410 g/mol. The van der Waals surface area contributed by atoms with Gasteiger partial charge in [-0.15, -0.1) is 10.2 Å². The fourth-order valence-corrected chi connectivity index (χ4v) is 6.57. The Bertz CT molecular complexity index is 1100. The molecule has 0 saturated carbocycles. The molecule has 1 fully saturated rings. The summed E-state index contributed by atoms with van der Waals surface area (Å²) in [6.45, 7) is 4.37. The summed E-state index contributed by atoms with van der Waals surface area (Å²) in [6.07, 6.45) is 1.44. The first-order valence-corrected chi connectivity index (χ1v) is 11.7. The van der Waals surface area contributed by atoms with Crippen molar-refractivity contribution in [3.63, 3.8) is 0 Å². The molecule has 1 aromatic carbocycles. The summed E-state index contributed by atoms with van der Waals surface area (Å²) in [6, 6.07) is 7.74. The highest BCUT2D eigenvalue weighted by atomic mass is 32.2. The number of nitrogens with zero attached hydrogens (tertiary/aromatic N) is 4. The zero-order valence-electron chi connectivity index (χ0n) is 16.5. The average Bonchev–Trinajstić information content (AvgIpc) is 3.35. The number of benzene rings is 1. The number of para-hydroxylation sites is 1. The first kappa shape index (κ1) is 20.0. The lowest BCUT2D eigenvalue weighted by Crippen LogP contribution is -2.38. The van der Waals surface area contributed by atoms with Crippen LogP contribution in [0, 0.1) is 13.8 Å². The maximum Gasteiger partial charge on any atom is 0.246 e. The number of aromatic nitrogens is 4. The quantitative estimate of drug-likeness (QED) is 0.663. The molecule has 3 aromatic rings. The third kappa shape index (κ3) is 3.67. The Morgan fingerprint density at radius 2 is 1.90 bits per heavy atom. The van der Waals surface area contributed by atoms with Crippen molar-refractivity contribution in [3.8, 4) is 16.3 Å². The summed E-state index contributed by atoms with van der Waals surface area (Å²) < 4.78 is 33.0. The molecular formula is C19H23N5O3S2. The first-order valence-electron chi connectivity index (χ1n) is 9.40. The molecule has 1 aliphatic heterocycles. The normalized spacial score (nSPS) is 16.2. The number of H-pyrrole nitrogens is 1. The second-order valence-corrected chi connectivity index (χ2v) is 9.97. The topological polar surface area (TPSA) is 101 Å². The third-order valence-electron chi connectivity index (χ3n) is 5.24. The monoisotopic (exact) mass is 433 g/mol. The molecule has 8 nitrogen and oxygen atoms in total. The number of nitrogens with one attached hydrogen (secondary N) is 1. The third-order valence-corrected chi connectivity index (χ3v) is 8.52. The van der Waals surface area contributed by atoms with E-state index in [1.165, 1.54) is 0 Å². The van der Waals surface area contributed by atoms with Gasteiger partial charge in [-0.2, -0.15) is 9.40 Å². The van der Waals surface area contributed by atoms with Crippen LogP contribution in [0.4, 0.5) is 0 Å². The average molecular weight is 434 g/mol. The SMILES string of the molecule is COc1ccccc1-c1nnc(C2CCN(S(=O)(=O)c3c(C)n[nH]c3C)CC2)s1. The van der Waals surface area contributed by atoms with E-state index < -0.39 is 10.0 Å². The number of sulfonamides is 1. The number of methoxy groups -OCH3 is 1. The predicted octanol–water partition coefficient (Wildman–Crippen LogP) is 3.12. The standard InChI is InChI=1S/C19H23N5O3S2/c1-12-17(13(2)21-20-12)29(25,26)24-10-8-14(9-11-24)18-22-23-19(28-18)15-6-4-5-7-16(15)27-3/h4-7,14H,8-11H2,1-3H3,(H,20,21). The zero-order valence-corrected chi connectivity index (χ0v) is 18.2. The van der Waals surface area contributed by atoms with Crippen LogP contribution in [0.1, 0.15) is 35.2 Å². The van der Waals surface area contributed by atoms with Gasteiger partial charge in [0, 0.05) is 19.0 Å². The lowest BCUT2D eigenvalue weighted by atomic mass is 9.99. The minimum Gasteiger partial charge on any atom is -0.496 e. The Morgan fingerprint density at radius 1 is 1.17 bits per heavy atom. The van der Waals surface area contributed by atoms with Crippen molar-refractivity contribution < 1.29 is 13.2 Å². The van der Waals surface area contributed by atoms with Gasteiger partial charge in [-0.3, -0.25) is 5.10 Å². The van der Waals surface area contributed by atoms with Gasteiger partial charge in [-0.05, 0) is 38.8 Å². The van der Waals surface area contributed by atoms with Crippen molar-refractivity contribution in [2.24, 2.45) is 0 Å². The molecule has 4 rings (SSSR count). The van der Waals surface area contributed by atoms with Crippen molar-refractivity contribution in [2.45, 2.75) is 37.5 Å². The molecule has 0 spiro atoms. The number of aromatic amines is 1. The van der Waals surface area contributed by atoms with Gasteiger partial charge in [0.2, 0.25) is 10.0 Å². The molecule has 10 heteroatoms. The Balaban J connectivity index is 1.49. The minimum atomic E-state index is -3.54. The van der Waals surface area contributed by atoms with Gasteiger partial charge in [0.1, 0.15) is 15.7 Å². The summed E-state index contributed by atoms with van der Waals surface area (Å²) >= 11 is 1.55. The molecule has 1 N–H and O–H groups in total. The van der Waals surface area contributed by atoms with Crippen LogP contribution in [0.5, 0.6) is 5.75 Å². The number of hydrogen-bond donors (Lipinski definition) is 1. The second kappa shape index (κ2) is 7.85. The van der Waals surface area contributed by atoms with E-state index >= 15 is 0 Å². The summed E-state index contributed by atoms with van der Waals surface area (Å²) in [5.74, 6) is 0.968. The molecule has 0 atom stereocenters. The largest absolute Gasteiger partial charge is 0.496 e. The van der Waals surface area contributed by atoms with Crippen LogP contribution in [0.3, 0.4) is 0 Å². The van der Waals surface area contributed by atoms with Crippen LogP contribution in [0.2, 0.25) is 0 Å². The van der Waals surface area contributed by atoms with Gasteiger partial charge >= 0.3 is 0 Å². The molecule has 1 aliphatic rings. The van der Waals surface area contributed by atoms with Gasteiger partial charge < -0.3 is 4.74 Å². The molecule has 29 heavy (non-hydrogen) atoms. The fraction of sp³-hybridized carbons (Fsp3) is 0.421. The van der Waals surface area contributed by atoms with E-state index in [9.17, 15) is 8.42 Å². The Hall–Kier alpha value is -2.30. The van der Waals surface area contributed by atoms with E-state index in [4.69, 9.17) is 4.74 Å². The van der Waals surface area contributed by atoms with Crippen molar-refractivity contribution in [3.05, 3.63) is 40.7 Å². The number of aryl methyl sites for hydroxylation is 2. The molecule has 0 unspecified atom stereocenters. The van der Waals surface area contributed by atoms with Gasteiger partial charge in [-0.1, -0.05) is 23.5 Å². The highest BCUT2D eigenvalue weighted by Gasteiger charge is 2.34. The van der Waals surface area contributed by atoms with Crippen LogP contribution >= 0.6 is 11.3 Å². The van der Waals surface area contributed by atoms with Gasteiger partial charge in [0.15, 0.2) is 5.01 Å². The molecule has 0 radical (unpaired) electrons. The van der Waals surface area contributed by atoms with E-state index in [0.717, 1.165) is 34.2 Å². The van der Waals surface area contributed by atoms with Crippen LogP contribution in [-0.4, -0.2) is 53.3 Å². The highest BCUT2D eigenvalue weighted by Crippen LogP contribution is 2.37. The van der Waals surface area contributed by atoms with E-state index in [1.807, 2.05) is 24.3 Å². The summed E-state index contributed by atoms with van der Waals surface area (Å²) in [5.41, 5.74) is 2.01. The Labute approximate surface area is 174 Å². The van der Waals surface area contributed by atoms with Gasteiger partial charge in [-0.25, -0.2) is 8.42 Å². The Morgan fingerprint density at radius 3 is 2.55 bits per heavy atom. The minimum absolute atomic E-state index is 0.203. The maximum absolute atomic E-state index is 13.0. The molecule has 2 aromatic heterocycles. The zero-order chi connectivity index (χ0) is 20.6. The van der Waals surface area contributed by atoms with Crippen LogP contribution in [0.25, 0.3) is 10.6 Å². The Kier molecular flexibility index (Phi) is 5.41. The summed E-state index contributed by atoms with van der Waals surface area (Å²) in [4.78, 5) is 0.297. The van der Waals surface area contributed by atoms with Gasteiger partial charge in [0.05, 0.1) is 24.1 Å². The first-order chi connectivity index (χ1) is 13.9. The van der Waals surface area contributed by atoms with Crippen molar-refractivity contribution in [1.29, 1.82) is 0 Å². The number of ether oxygens (including phenoxy) is 1. The molecule has 0 aliphatic carbocycles. The van der Waals surface area contributed by atoms with Gasteiger partial charge in [0.25, 0.3) is 0 Å². The summed E-state index contributed by atoms with van der Waals surface area (Å²) in [5, 5.41) is 17.3. The molecule has 0 bridgehead atoms. The van der Waals surface area contributed by atoms with E-state index in [1.54, 1.807) is 36.6 Å². The van der Waals surface area contributed by atoms with Crippen LogP contribution in [0.15, 0.2) is 29.2 Å².